The van der Waals surface area contributed by atoms with E-state index >= 15 is 0 Å². The van der Waals surface area contributed by atoms with E-state index < -0.39 is 0 Å². The smallest absolute Gasteiger partial charge is 0.261 e. The SMILES string of the molecule is CC(CO)NC(=O)CCNC(=O)c1cccs1. The molecule has 0 aliphatic carbocycles. The van der Waals surface area contributed by atoms with Gasteiger partial charge in [0.05, 0.1) is 11.5 Å². The average molecular weight is 256 g/mol. The van der Waals surface area contributed by atoms with Gasteiger partial charge in [0.15, 0.2) is 0 Å². The van der Waals surface area contributed by atoms with Crippen LogP contribution in [0.5, 0.6) is 0 Å². The number of aliphatic hydroxyl groups excluding tert-OH is 1. The van der Waals surface area contributed by atoms with E-state index in [0.29, 0.717) is 11.4 Å². The molecule has 1 heterocycles. The highest BCUT2D eigenvalue weighted by atomic mass is 32.1. The van der Waals surface area contributed by atoms with Crippen LogP contribution in [0.2, 0.25) is 0 Å². The summed E-state index contributed by atoms with van der Waals surface area (Å²) in [5.74, 6) is -0.346. The highest BCUT2D eigenvalue weighted by Crippen LogP contribution is 2.07. The molecule has 0 aliphatic heterocycles. The second-order valence-corrected chi connectivity index (χ2v) is 4.58. The third-order valence-electron chi connectivity index (χ3n) is 2.06. The number of rotatable bonds is 6. The van der Waals surface area contributed by atoms with Crippen LogP contribution < -0.4 is 10.6 Å². The van der Waals surface area contributed by atoms with Crippen molar-refractivity contribution < 1.29 is 14.7 Å². The van der Waals surface area contributed by atoms with Crippen molar-refractivity contribution in [3.63, 3.8) is 0 Å². The molecule has 17 heavy (non-hydrogen) atoms. The van der Waals surface area contributed by atoms with Crippen LogP contribution in [-0.2, 0) is 4.79 Å². The van der Waals surface area contributed by atoms with Crippen molar-refractivity contribution in [2.45, 2.75) is 19.4 Å². The fraction of sp³-hybridized carbons (Fsp3) is 0.455. The van der Waals surface area contributed by atoms with Gasteiger partial charge in [0.1, 0.15) is 0 Å². The number of amides is 2. The number of carbonyl (C=O) groups is 2. The predicted molar refractivity (Wildman–Crippen MR) is 66.0 cm³/mol. The molecule has 1 aromatic rings. The number of hydrogen-bond acceptors (Lipinski definition) is 4. The van der Waals surface area contributed by atoms with Crippen LogP contribution in [0.1, 0.15) is 23.0 Å². The maximum absolute atomic E-state index is 11.5. The van der Waals surface area contributed by atoms with Crippen molar-refractivity contribution in [1.82, 2.24) is 10.6 Å². The zero-order chi connectivity index (χ0) is 12.7. The Morgan fingerprint density at radius 2 is 2.29 bits per heavy atom. The summed E-state index contributed by atoms with van der Waals surface area (Å²) in [6, 6.07) is 3.28. The van der Waals surface area contributed by atoms with Crippen LogP contribution in [0, 0.1) is 0 Å². The third kappa shape index (κ3) is 4.97. The van der Waals surface area contributed by atoms with Crippen LogP contribution in [0.4, 0.5) is 0 Å². The molecule has 0 bridgehead atoms. The Kier molecular flexibility index (Phi) is 5.65. The molecule has 94 valence electrons. The zero-order valence-electron chi connectivity index (χ0n) is 9.60. The van der Waals surface area contributed by atoms with Crippen molar-refractivity contribution in [2.24, 2.45) is 0 Å². The maximum Gasteiger partial charge on any atom is 0.261 e. The summed E-state index contributed by atoms with van der Waals surface area (Å²) in [5, 5.41) is 15.8. The molecule has 1 unspecified atom stereocenters. The second kappa shape index (κ2) is 7.03. The Labute approximate surface area is 104 Å². The highest BCUT2D eigenvalue weighted by Gasteiger charge is 2.08. The standard InChI is InChI=1S/C11H16N2O3S/c1-8(7-14)13-10(15)4-5-12-11(16)9-3-2-6-17-9/h2-3,6,8,14H,4-5,7H2,1H3,(H,12,16)(H,13,15). The summed E-state index contributed by atoms with van der Waals surface area (Å²) in [5.41, 5.74) is 0. The molecule has 0 spiro atoms. The van der Waals surface area contributed by atoms with Crippen molar-refractivity contribution >= 4 is 23.2 Å². The molecule has 0 saturated heterocycles. The minimum Gasteiger partial charge on any atom is -0.394 e. The van der Waals surface area contributed by atoms with Crippen LogP contribution in [-0.4, -0.2) is 36.1 Å². The van der Waals surface area contributed by atoms with Crippen LogP contribution >= 0.6 is 11.3 Å². The Morgan fingerprint density at radius 3 is 2.88 bits per heavy atom. The highest BCUT2D eigenvalue weighted by molar-refractivity contribution is 7.12. The summed E-state index contributed by atoms with van der Waals surface area (Å²) in [6.45, 7) is 1.91. The first kappa shape index (κ1) is 13.7. The van der Waals surface area contributed by atoms with Crippen molar-refractivity contribution in [2.75, 3.05) is 13.2 Å². The van der Waals surface area contributed by atoms with Gasteiger partial charge in [-0.1, -0.05) is 6.07 Å². The van der Waals surface area contributed by atoms with Gasteiger partial charge in [-0.25, -0.2) is 0 Å². The largest absolute Gasteiger partial charge is 0.394 e. The second-order valence-electron chi connectivity index (χ2n) is 3.63. The molecule has 1 rings (SSSR count). The predicted octanol–water partition coefficient (Wildman–Crippen LogP) is 0.365. The van der Waals surface area contributed by atoms with Gasteiger partial charge in [0, 0.05) is 19.0 Å². The zero-order valence-corrected chi connectivity index (χ0v) is 10.4. The lowest BCUT2D eigenvalue weighted by atomic mass is 10.3. The fourth-order valence-electron chi connectivity index (χ4n) is 1.18. The minimum atomic E-state index is -0.254. The summed E-state index contributed by atoms with van der Waals surface area (Å²) in [4.78, 5) is 23.4. The lowest BCUT2D eigenvalue weighted by Crippen LogP contribution is -2.37. The number of aliphatic hydroxyl groups is 1. The molecule has 0 saturated carbocycles. The lowest BCUT2D eigenvalue weighted by Gasteiger charge is -2.10. The first-order valence-electron chi connectivity index (χ1n) is 5.35. The molecule has 6 heteroatoms. The number of carbonyl (C=O) groups excluding carboxylic acids is 2. The Hall–Kier alpha value is -1.40. The van der Waals surface area contributed by atoms with Gasteiger partial charge in [-0.05, 0) is 18.4 Å². The molecule has 0 aromatic carbocycles. The lowest BCUT2D eigenvalue weighted by molar-refractivity contribution is -0.121. The summed E-state index contributed by atoms with van der Waals surface area (Å²) in [6.07, 6.45) is 0.210. The first-order chi connectivity index (χ1) is 8.13. The summed E-state index contributed by atoms with van der Waals surface area (Å²) < 4.78 is 0. The van der Waals surface area contributed by atoms with Gasteiger partial charge in [0.25, 0.3) is 5.91 Å². The minimum absolute atomic E-state index is 0.0900. The van der Waals surface area contributed by atoms with Gasteiger partial charge in [0.2, 0.25) is 5.91 Å². The third-order valence-corrected chi connectivity index (χ3v) is 2.93. The number of hydrogen-bond donors (Lipinski definition) is 3. The maximum atomic E-state index is 11.5. The average Bonchev–Trinajstić information content (AvgIpc) is 2.82. The Bertz CT molecular complexity index is 365. The molecule has 1 atom stereocenters. The van der Waals surface area contributed by atoms with E-state index in [1.807, 2.05) is 5.38 Å². The van der Waals surface area contributed by atoms with Crippen LogP contribution in [0.25, 0.3) is 0 Å². The summed E-state index contributed by atoms with van der Waals surface area (Å²) >= 11 is 1.36. The van der Waals surface area contributed by atoms with Gasteiger partial charge in [-0.15, -0.1) is 11.3 Å². The number of thiophene rings is 1. The molecule has 2 amide bonds. The topological polar surface area (TPSA) is 78.4 Å². The van der Waals surface area contributed by atoms with Gasteiger partial charge >= 0.3 is 0 Å². The normalized spacial score (nSPS) is 11.9. The molecule has 3 N–H and O–H groups in total. The molecule has 0 fully saturated rings. The van der Waals surface area contributed by atoms with Gasteiger partial charge < -0.3 is 15.7 Å². The Balaban J connectivity index is 2.20. The van der Waals surface area contributed by atoms with E-state index in [1.54, 1.807) is 19.1 Å². The van der Waals surface area contributed by atoms with E-state index in [0.717, 1.165) is 0 Å². The fourth-order valence-corrected chi connectivity index (χ4v) is 1.82. The summed E-state index contributed by atoms with van der Waals surface area (Å²) in [7, 11) is 0. The van der Waals surface area contributed by atoms with Gasteiger partial charge in [-0.2, -0.15) is 0 Å². The van der Waals surface area contributed by atoms with Gasteiger partial charge in [-0.3, -0.25) is 9.59 Å². The van der Waals surface area contributed by atoms with Crippen LogP contribution in [0.15, 0.2) is 17.5 Å². The van der Waals surface area contributed by atoms with Crippen molar-refractivity contribution in [1.29, 1.82) is 0 Å². The van der Waals surface area contributed by atoms with Crippen LogP contribution in [0.3, 0.4) is 0 Å². The van der Waals surface area contributed by atoms with E-state index in [1.165, 1.54) is 11.3 Å². The first-order valence-corrected chi connectivity index (χ1v) is 6.23. The van der Waals surface area contributed by atoms with E-state index in [4.69, 9.17) is 5.11 Å². The molecule has 1 aromatic heterocycles. The number of nitrogens with one attached hydrogen (secondary N) is 2. The molecular formula is C11H16N2O3S. The van der Waals surface area contributed by atoms with Crippen molar-refractivity contribution in [3.8, 4) is 0 Å². The Morgan fingerprint density at radius 1 is 1.53 bits per heavy atom. The van der Waals surface area contributed by atoms with Crippen molar-refractivity contribution in [3.05, 3.63) is 22.4 Å². The van der Waals surface area contributed by atoms with E-state index in [-0.39, 0.29) is 30.9 Å². The van der Waals surface area contributed by atoms with E-state index in [9.17, 15) is 9.59 Å². The van der Waals surface area contributed by atoms with E-state index in [2.05, 4.69) is 10.6 Å². The molecule has 0 radical (unpaired) electrons. The molecule has 0 aliphatic rings. The molecule has 5 nitrogen and oxygen atoms in total. The molecular weight excluding hydrogens is 240 g/mol. The quantitative estimate of drug-likeness (QED) is 0.688. The monoisotopic (exact) mass is 256 g/mol.